The van der Waals surface area contributed by atoms with Crippen LogP contribution in [0.3, 0.4) is 0 Å². The number of para-hydroxylation sites is 5. The summed E-state index contributed by atoms with van der Waals surface area (Å²) in [5.74, 6) is 0. The molecule has 0 radical (unpaired) electrons. The molecular weight excluding hydrogens is 894 g/mol. The van der Waals surface area contributed by atoms with E-state index in [1.807, 2.05) is 127 Å². The number of hydrogen-bond donors (Lipinski definition) is 0. The summed E-state index contributed by atoms with van der Waals surface area (Å²) < 4.78 is 102. The molecule has 11 aromatic carbocycles. The monoisotopic (exact) mass is 945 g/mol. The molecule has 15 rings (SSSR count). The van der Waals surface area contributed by atoms with Crippen molar-refractivity contribution in [1.82, 2.24) is 0 Å². The first kappa shape index (κ1) is 31.9. The van der Waals surface area contributed by atoms with Gasteiger partial charge in [-0.05, 0) is 112 Å². The fourth-order valence-electron chi connectivity index (χ4n) is 11.3. The fourth-order valence-corrected chi connectivity index (χ4v) is 12.5. The molecule has 2 aliphatic heterocycles. The van der Waals surface area contributed by atoms with Gasteiger partial charge in [0, 0.05) is 71.6 Å². The number of thiophene rings is 1. The van der Waals surface area contributed by atoms with Crippen molar-refractivity contribution in [3.63, 3.8) is 0 Å². The Morgan fingerprint density at radius 2 is 1.08 bits per heavy atom. The maximum Gasteiger partial charge on any atom is 0.257 e. The number of furan rings is 1. The van der Waals surface area contributed by atoms with Crippen LogP contribution in [0.5, 0.6) is 0 Å². The molecule has 0 saturated heterocycles. The number of hydrogen-bond acceptors (Lipinski definition) is 5. The molecule has 72 heavy (non-hydrogen) atoms. The lowest BCUT2D eigenvalue weighted by Gasteiger charge is -2.45. The lowest BCUT2D eigenvalue weighted by molar-refractivity contribution is 0.671. The van der Waals surface area contributed by atoms with Crippen LogP contribution < -0.4 is 31.1 Å². The minimum absolute atomic E-state index is 0.0664. The lowest BCUT2D eigenvalue weighted by Crippen LogP contribution is -2.61. The van der Waals surface area contributed by atoms with E-state index in [-0.39, 0.29) is 16.8 Å². The summed E-state index contributed by atoms with van der Waals surface area (Å²) in [4.78, 5) is 6.07. The van der Waals surface area contributed by atoms with Gasteiger partial charge in [-0.3, -0.25) is 0 Å². The quantitative estimate of drug-likeness (QED) is 0.149. The Labute approximate surface area is 435 Å². The molecule has 0 aliphatic carbocycles. The summed E-state index contributed by atoms with van der Waals surface area (Å²) in [6.07, 6.45) is 0. The van der Waals surface area contributed by atoms with Crippen LogP contribution in [0.2, 0.25) is 0 Å². The van der Waals surface area contributed by atoms with E-state index in [2.05, 4.69) is 70.5 Å². The number of anilines is 9. The van der Waals surface area contributed by atoms with E-state index in [1.54, 1.807) is 22.3 Å². The van der Waals surface area contributed by atoms with Crippen LogP contribution in [-0.2, 0) is 0 Å². The van der Waals surface area contributed by atoms with E-state index < -0.39 is 67.1 Å². The lowest BCUT2D eigenvalue weighted by atomic mass is 9.33. The topological polar surface area (TPSA) is 22.9 Å². The summed E-state index contributed by atoms with van der Waals surface area (Å²) in [6.45, 7) is -0.709. The van der Waals surface area contributed by atoms with Gasteiger partial charge in [0.15, 0.2) is 0 Å². The minimum Gasteiger partial charge on any atom is -0.456 e. The van der Waals surface area contributed by atoms with E-state index in [1.165, 1.54) is 0 Å². The van der Waals surface area contributed by atoms with Gasteiger partial charge in [-0.25, -0.2) is 0 Å². The minimum atomic E-state index is -0.709. The van der Waals surface area contributed by atoms with Crippen LogP contribution in [0, 0.1) is 0 Å². The van der Waals surface area contributed by atoms with Gasteiger partial charge in [-0.2, -0.15) is 0 Å². The van der Waals surface area contributed by atoms with E-state index in [0.29, 0.717) is 39.4 Å². The maximum absolute atomic E-state index is 9.84. The molecule has 0 N–H and O–H groups in total. The molecule has 0 unspecified atom stereocenters. The van der Waals surface area contributed by atoms with Crippen molar-refractivity contribution in [2.24, 2.45) is 0 Å². The zero-order valence-corrected chi connectivity index (χ0v) is 39.0. The Kier molecular flexibility index (Phi) is 7.20. The van der Waals surface area contributed by atoms with E-state index in [0.717, 1.165) is 75.7 Å². The molecule has 0 atom stereocenters. The predicted molar refractivity (Wildman–Crippen MR) is 306 cm³/mol. The highest BCUT2D eigenvalue weighted by molar-refractivity contribution is 7.27. The Morgan fingerprint density at radius 1 is 0.458 bits per heavy atom. The first-order chi connectivity index (χ1) is 39.9. The van der Waals surface area contributed by atoms with Crippen LogP contribution in [0.15, 0.2) is 259 Å². The van der Waals surface area contributed by atoms with Crippen molar-refractivity contribution < 1.29 is 18.1 Å². The average Bonchev–Trinajstić information content (AvgIpc) is 1.30. The molecule has 0 fully saturated rings. The molecule has 6 heteroatoms. The van der Waals surface area contributed by atoms with Gasteiger partial charge >= 0.3 is 0 Å². The first-order valence-corrected chi connectivity index (χ1v) is 24.6. The van der Waals surface area contributed by atoms with Crippen LogP contribution in [0.1, 0.15) is 13.7 Å². The van der Waals surface area contributed by atoms with Gasteiger partial charge < -0.3 is 19.1 Å². The van der Waals surface area contributed by atoms with Crippen LogP contribution >= 0.6 is 11.3 Å². The zero-order valence-electron chi connectivity index (χ0n) is 48.2. The highest BCUT2D eigenvalue weighted by atomic mass is 32.1. The molecule has 2 aromatic heterocycles. The summed E-state index contributed by atoms with van der Waals surface area (Å²) in [5, 5.41) is 3.91. The fraction of sp³-hybridized carbons (Fsp3) is 0. The number of rotatable bonds is 7. The van der Waals surface area contributed by atoms with Crippen molar-refractivity contribution >= 4 is 128 Å². The van der Waals surface area contributed by atoms with Gasteiger partial charge in [0.25, 0.3) is 6.71 Å². The van der Waals surface area contributed by atoms with Crippen molar-refractivity contribution in [1.29, 1.82) is 0 Å². The first-order valence-electron chi connectivity index (χ1n) is 28.8. The van der Waals surface area contributed by atoms with Crippen LogP contribution in [-0.4, -0.2) is 6.71 Å². The molecule has 2 aliphatic rings. The van der Waals surface area contributed by atoms with Crippen molar-refractivity contribution in [3.05, 3.63) is 255 Å². The van der Waals surface area contributed by atoms with Gasteiger partial charge in [-0.15, -0.1) is 11.3 Å². The molecule has 0 amide bonds. The Bertz CT molecular complexity index is 4770. The second-order valence-corrected chi connectivity index (χ2v) is 19.1. The van der Waals surface area contributed by atoms with Crippen LogP contribution in [0.4, 0.5) is 51.2 Å². The molecule has 4 nitrogen and oxygen atoms in total. The second kappa shape index (κ2) is 16.2. The summed E-state index contributed by atoms with van der Waals surface area (Å²) in [7, 11) is 0. The molecule has 0 spiro atoms. The molecule has 0 saturated carbocycles. The number of nitrogens with zero attached hydrogens (tertiary/aromatic N) is 3. The van der Waals surface area contributed by atoms with E-state index in [4.69, 9.17) is 9.90 Å². The molecule has 13 aromatic rings. The second-order valence-electron chi connectivity index (χ2n) is 18.0. The Balaban J connectivity index is 1.18. The third-order valence-corrected chi connectivity index (χ3v) is 15.3. The number of fused-ring (bicyclic) bond motifs is 13. The third kappa shape index (κ3) is 6.12. The smallest absolute Gasteiger partial charge is 0.257 e. The highest BCUT2D eigenvalue weighted by Crippen LogP contribution is 2.54. The van der Waals surface area contributed by atoms with Crippen molar-refractivity contribution in [2.45, 2.75) is 0 Å². The SMILES string of the molecule is [2H]c1c([2H])c([2H])c(-c2cc3c4c(c2)N(c2ccccc2-c2ccccc2)c2c(c5oc6ccccc6c5c5c2sc2ccccc25)B4c2ccc(N(c4ccccc4)c4ccccc4)cc2N3c2c([2H])c([2H])c([2H])c([2H])c2[2H])c([2H])c1[2H]. The third-order valence-electron chi connectivity index (χ3n) is 14.2. The van der Waals surface area contributed by atoms with E-state index in [9.17, 15) is 8.22 Å². The van der Waals surface area contributed by atoms with Crippen molar-refractivity contribution in [2.75, 3.05) is 14.7 Å². The van der Waals surface area contributed by atoms with Crippen LogP contribution in [0.25, 0.3) is 64.4 Å². The normalized spacial score (nSPS) is 14.6. The summed E-state index contributed by atoms with van der Waals surface area (Å²) >= 11 is 1.67. The predicted octanol–water partition coefficient (Wildman–Crippen LogP) is 16.8. The Morgan fingerprint density at radius 3 is 1.83 bits per heavy atom. The molecule has 4 heterocycles. The molecular formula is C66H42BN3OS. The highest BCUT2D eigenvalue weighted by Gasteiger charge is 2.47. The van der Waals surface area contributed by atoms with Gasteiger partial charge in [0.05, 0.1) is 29.8 Å². The Hall–Kier alpha value is -9.10. The molecule has 0 bridgehead atoms. The summed E-state index contributed by atoms with van der Waals surface area (Å²) in [5.41, 5.74) is 10.8. The molecule has 336 valence electrons. The zero-order chi connectivity index (χ0) is 56.0. The van der Waals surface area contributed by atoms with Gasteiger partial charge in [-0.1, -0.05) is 176 Å². The van der Waals surface area contributed by atoms with E-state index >= 15 is 0 Å². The van der Waals surface area contributed by atoms with Crippen molar-refractivity contribution in [3.8, 4) is 22.3 Å². The summed E-state index contributed by atoms with van der Waals surface area (Å²) in [6, 6.07) is 59.3. The standard InChI is InChI=1S/C66H42BN3OS/c1-6-22-43(23-7-1)45-40-56-62-57(41-45)70(54-35-19-16-32-50(54)44-24-8-2-9-25-44)64-63(65-60(51-33-17-20-36-58(51)71-65)61-52-34-18-21-37-59(52)72-66(61)64)67(62)53-39-38-49(42-55(53)69(56)48-30-14-5-15-31-48)68(46-26-10-3-11-27-46)47-28-12-4-13-29-47/h1-42H/i1D,5D,6D,7D,14D,15D,22D,23D,30D,31D. The number of benzene rings is 11. The van der Waals surface area contributed by atoms with Gasteiger partial charge in [0.1, 0.15) is 11.2 Å². The maximum atomic E-state index is 9.84. The average molecular weight is 946 g/mol. The largest absolute Gasteiger partial charge is 0.456 e. The van der Waals surface area contributed by atoms with Gasteiger partial charge in [0.2, 0.25) is 0 Å².